The van der Waals surface area contributed by atoms with Crippen LogP contribution in [0.2, 0.25) is 0 Å². The number of benzene rings is 1. The molecule has 1 aromatic carbocycles. The first-order chi connectivity index (χ1) is 8.43. The lowest BCUT2D eigenvalue weighted by Gasteiger charge is -2.23. The second-order valence-corrected chi connectivity index (χ2v) is 7.09. The molecule has 0 radical (unpaired) electrons. The van der Waals surface area contributed by atoms with E-state index < -0.39 is 10.0 Å². The lowest BCUT2D eigenvalue weighted by Crippen LogP contribution is -2.36. The van der Waals surface area contributed by atoms with E-state index in [1.807, 2.05) is 19.2 Å². The average Bonchev–Trinajstić information content (AvgIpc) is 2.38. The van der Waals surface area contributed by atoms with Crippen LogP contribution in [0.1, 0.15) is 12.5 Å². The fourth-order valence-electron chi connectivity index (χ4n) is 1.58. The molecule has 1 unspecified atom stereocenters. The molecule has 0 spiro atoms. The highest BCUT2D eigenvalue weighted by molar-refractivity contribution is 7.98. The van der Waals surface area contributed by atoms with Crippen LogP contribution in [0, 0.1) is 0 Å². The van der Waals surface area contributed by atoms with Crippen LogP contribution in [0.5, 0.6) is 0 Å². The molecule has 1 rings (SSSR count). The van der Waals surface area contributed by atoms with E-state index in [1.165, 1.54) is 4.31 Å². The predicted octanol–water partition coefficient (Wildman–Crippen LogP) is 1.52. The second-order valence-electron chi connectivity index (χ2n) is 4.18. The van der Waals surface area contributed by atoms with E-state index in [-0.39, 0.29) is 6.04 Å². The van der Waals surface area contributed by atoms with Crippen molar-refractivity contribution in [3.8, 4) is 0 Å². The fourth-order valence-corrected chi connectivity index (χ4v) is 3.81. The van der Waals surface area contributed by atoms with E-state index in [2.05, 4.69) is 0 Å². The minimum atomic E-state index is -3.43. The highest BCUT2D eigenvalue weighted by Gasteiger charge is 2.24. The second kappa shape index (κ2) is 6.56. The largest absolute Gasteiger partial charge is 0.326 e. The SMILES string of the molecule is CSCC(C)N(C)S(=O)(=O)c1cccc(CN)c1. The summed E-state index contributed by atoms with van der Waals surface area (Å²) < 4.78 is 26.2. The highest BCUT2D eigenvalue weighted by Crippen LogP contribution is 2.19. The topological polar surface area (TPSA) is 63.4 Å². The summed E-state index contributed by atoms with van der Waals surface area (Å²) in [4.78, 5) is 0.306. The molecule has 2 N–H and O–H groups in total. The van der Waals surface area contributed by atoms with E-state index in [9.17, 15) is 8.42 Å². The van der Waals surface area contributed by atoms with Gasteiger partial charge >= 0.3 is 0 Å². The Kier molecular flexibility index (Phi) is 5.65. The summed E-state index contributed by atoms with van der Waals surface area (Å²) in [6.45, 7) is 2.24. The lowest BCUT2D eigenvalue weighted by atomic mass is 10.2. The summed E-state index contributed by atoms with van der Waals surface area (Å²) in [7, 11) is -1.81. The van der Waals surface area contributed by atoms with E-state index in [0.717, 1.165) is 11.3 Å². The van der Waals surface area contributed by atoms with Gasteiger partial charge in [0.1, 0.15) is 0 Å². The van der Waals surface area contributed by atoms with Crippen molar-refractivity contribution < 1.29 is 8.42 Å². The molecule has 0 aliphatic carbocycles. The van der Waals surface area contributed by atoms with Crippen molar-refractivity contribution in [2.45, 2.75) is 24.4 Å². The Labute approximate surface area is 114 Å². The van der Waals surface area contributed by atoms with Crippen molar-refractivity contribution in [2.24, 2.45) is 5.73 Å². The molecular formula is C12H20N2O2S2. The zero-order chi connectivity index (χ0) is 13.8. The standard InChI is InChI=1S/C12H20N2O2S2/c1-10(9-17-3)14(2)18(15,16)12-6-4-5-11(7-12)8-13/h4-7,10H,8-9,13H2,1-3H3. The van der Waals surface area contributed by atoms with Crippen molar-refractivity contribution in [1.82, 2.24) is 4.31 Å². The van der Waals surface area contributed by atoms with Crippen LogP contribution in [0.25, 0.3) is 0 Å². The van der Waals surface area contributed by atoms with Crippen LogP contribution in [-0.4, -0.2) is 37.8 Å². The number of thioether (sulfide) groups is 1. The number of sulfonamides is 1. The summed E-state index contributed by atoms with van der Waals surface area (Å²) >= 11 is 1.63. The number of rotatable bonds is 6. The van der Waals surface area contributed by atoms with E-state index in [1.54, 1.807) is 37.0 Å². The molecule has 0 aliphatic heterocycles. The summed E-state index contributed by atoms with van der Waals surface area (Å²) in [5.41, 5.74) is 6.36. The van der Waals surface area contributed by atoms with E-state index in [4.69, 9.17) is 5.73 Å². The van der Waals surface area contributed by atoms with Gasteiger partial charge in [-0.25, -0.2) is 8.42 Å². The van der Waals surface area contributed by atoms with Crippen LogP contribution in [0.4, 0.5) is 0 Å². The smallest absolute Gasteiger partial charge is 0.243 e. The first-order valence-corrected chi connectivity index (χ1v) is 8.53. The van der Waals surface area contributed by atoms with Gasteiger partial charge in [-0.15, -0.1) is 0 Å². The molecule has 4 nitrogen and oxygen atoms in total. The van der Waals surface area contributed by atoms with Gasteiger partial charge in [-0.2, -0.15) is 16.1 Å². The van der Waals surface area contributed by atoms with Crippen molar-refractivity contribution in [3.63, 3.8) is 0 Å². The summed E-state index contributed by atoms with van der Waals surface area (Å²) in [5.74, 6) is 0.770. The first kappa shape index (κ1) is 15.5. The quantitative estimate of drug-likeness (QED) is 0.862. The van der Waals surface area contributed by atoms with Gasteiger partial charge in [0, 0.05) is 25.4 Å². The normalized spacial score (nSPS) is 13.8. The molecule has 0 saturated carbocycles. The molecule has 0 aliphatic rings. The van der Waals surface area contributed by atoms with Gasteiger partial charge in [0.15, 0.2) is 0 Å². The van der Waals surface area contributed by atoms with Crippen LogP contribution in [0.15, 0.2) is 29.2 Å². The number of hydrogen-bond acceptors (Lipinski definition) is 4. The Balaban J connectivity index is 3.05. The molecular weight excluding hydrogens is 268 g/mol. The molecule has 6 heteroatoms. The number of nitrogens with zero attached hydrogens (tertiary/aromatic N) is 1. The highest BCUT2D eigenvalue weighted by atomic mass is 32.2. The van der Waals surface area contributed by atoms with Crippen LogP contribution in [-0.2, 0) is 16.6 Å². The first-order valence-electron chi connectivity index (χ1n) is 5.69. The number of nitrogens with two attached hydrogens (primary N) is 1. The molecule has 0 bridgehead atoms. The van der Waals surface area contributed by atoms with E-state index >= 15 is 0 Å². The molecule has 1 atom stereocenters. The third-order valence-corrected chi connectivity index (χ3v) is 5.62. The fraction of sp³-hybridized carbons (Fsp3) is 0.500. The van der Waals surface area contributed by atoms with E-state index in [0.29, 0.717) is 11.4 Å². The van der Waals surface area contributed by atoms with Gasteiger partial charge in [-0.3, -0.25) is 0 Å². The summed E-state index contributed by atoms with van der Waals surface area (Å²) in [5, 5.41) is 0. The predicted molar refractivity (Wildman–Crippen MR) is 77.1 cm³/mol. The molecule has 18 heavy (non-hydrogen) atoms. The Bertz CT molecular complexity index is 489. The molecule has 0 fully saturated rings. The minimum Gasteiger partial charge on any atom is -0.326 e. The van der Waals surface area contributed by atoms with Crippen molar-refractivity contribution in [2.75, 3.05) is 19.1 Å². The van der Waals surface area contributed by atoms with Crippen molar-refractivity contribution in [3.05, 3.63) is 29.8 Å². The maximum atomic E-state index is 12.4. The van der Waals surface area contributed by atoms with Crippen molar-refractivity contribution >= 4 is 21.8 Å². The Morgan fingerprint density at radius 1 is 1.44 bits per heavy atom. The van der Waals surface area contributed by atoms with Gasteiger partial charge in [-0.05, 0) is 30.9 Å². The average molecular weight is 288 g/mol. The Morgan fingerprint density at radius 3 is 2.67 bits per heavy atom. The van der Waals surface area contributed by atoms with Gasteiger partial charge in [0.05, 0.1) is 4.90 Å². The molecule has 102 valence electrons. The van der Waals surface area contributed by atoms with Crippen LogP contribution < -0.4 is 5.73 Å². The van der Waals surface area contributed by atoms with Gasteiger partial charge in [0.2, 0.25) is 10.0 Å². The molecule has 0 heterocycles. The molecule has 0 amide bonds. The minimum absolute atomic E-state index is 0.0356. The molecule has 0 saturated heterocycles. The maximum Gasteiger partial charge on any atom is 0.243 e. The summed E-state index contributed by atoms with van der Waals surface area (Å²) in [6, 6.07) is 6.76. The van der Waals surface area contributed by atoms with Crippen molar-refractivity contribution in [1.29, 1.82) is 0 Å². The lowest BCUT2D eigenvalue weighted by molar-refractivity contribution is 0.415. The zero-order valence-electron chi connectivity index (χ0n) is 11.0. The molecule has 0 aromatic heterocycles. The van der Waals surface area contributed by atoms with Gasteiger partial charge in [-0.1, -0.05) is 12.1 Å². The van der Waals surface area contributed by atoms with Crippen LogP contribution >= 0.6 is 11.8 Å². The third-order valence-electron chi connectivity index (χ3n) is 2.84. The Hall–Kier alpha value is -0.560. The summed E-state index contributed by atoms with van der Waals surface area (Å²) in [6.07, 6.45) is 1.96. The molecule has 1 aromatic rings. The Morgan fingerprint density at radius 2 is 2.11 bits per heavy atom. The zero-order valence-corrected chi connectivity index (χ0v) is 12.6. The number of hydrogen-bond donors (Lipinski definition) is 1. The van der Waals surface area contributed by atoms with Gasteiger partial charge in [0.25, 0.3) is 0 Å². The third kappa shape index (κ3) is 3.47. The monoisotopic (exact) mass is 288 g/mol. The maximum absolute atomic E-state index is 12.4. The van der Waals surface area contributed by atoms with Gasteiger partial charge < -0.3 is 5.73 Å². The van der Waals surface area contributed by atoms with Crippen LogP contribution in [0.3, 0.4) is 0 Å².